The second-order valence-electron chi connectivity index (χ2n) is 5.06. The van der Waals surface area contributed by atoms with Crippen LogP contribution in [0.25, 0.3) is 0 Å². The average molecular weight is 289 g/mol. The van der Waals surface area contributed by atoms with Crippen LogP contribution >= 0.6 is 11.6 Å². The van der Waals surface area contributed by atoms with E-state index in [1.165, 1.54) is 29.6 Å². The summed E-state index contributed by atoms with van der Waals surface area (Å²) in [6.45, 7) is 1.86. The van der Waals surface area contributed by atoms with E-state index in [1.54, 1.807) is 6.20 Å². The van der Waals surface area contributed by atoms with Crippen molar-refractivity contribution in [2.45, 2.75) is 19.4 Å². The SMILES string of the molecule is CN1CCCc2cc(CNc3ncncc3Cl)ccc21. The highest BCUT2D eigenvalue weighted by atomic mass is 35.5. The number of aromatic nitrogens is 2. The number of benzene rings is 1. The van der Waals surface area contributed by atoms with E-state index >= 15 is 0 Å². The molecule has 3 rings (SSSR count). The van der Waals surface area contributed by atoms with Crippen LogP contribution in [-0.4, -0.2) is 23.6 Å². The van der Waals surface area contributed by atoms with Crippen molar-refractivity contribution in [3.8, 4) is 0 Å². The van der Waals surface area contributed by atoms with Gasteiger partial charge in [-0.3, -0.25) is 0 Å². The number of nitrogens with zero attached hydrogens (tertiary/aromatic N) is 3. The lowest BCUT2D eigenvalue weighted by atomic mass is 9.99. The Morgan fingerprint density at radius 2 is 2.30 bits per heavy atom. The van der Waals surface area contributed by atoms with Crippen LogP contribution in [0.4, 0.5) is 11.5 Å². The molecular formula is C15H17ClN4. The van der Waals surface area contributed by atoms with Crippen LogP contribution in [0.2, 0.25) is 5.02 Å². The predicted octanol–water partition coefficient (Wildman–Crippen LogP) is 3.12. The van der Waals surface area contributed by atoms with Crippen molar-refractivity contribution < 1.29 is 0 Å². The minimum absolute atomic E-state index is 0.546. The largest absolute Gasteiger partial charge is 0.374 e. The van der Waals surface area contributed by atoms with Crippen LogP contribution in [0, 0.1) is 0 Å². The molecule has 1 aliphatic rings. The zero-order valence-electron chi connectivity index (χ0n) is 11.4. The molecule has 1 aliphatic heterocycles. The quantitative estimate of drug-likeness (QED) is 0.942. The fourth-order valence-corrected chi connectivity index (χ4v) is 2.75. The monoisotopic (exact) mass is 288 g/mol. The maximum absolute atomic E-state index is 6.03. The minimum Gasteiger partial charge on any atom is -0.374 e. The summed E-state index contributed by atoms with van der Waals surface area (Å²) in [6, 6.07) is 6.63. The van der Waals surface area contributed by atoms with E-state index in [-0.39, 0.29) is 0 Å². The van der Waals surface area contributed by atoms with Crippen molar-refractivity contribution in [3.63, 3.8) is 0 Å². The lowest BCUT2D eigenvalue weighted by Crippen LogP contribution is -2.24. The first-order chi connectivity index (χ1) is 9.74. The first-order valence-electron chi connectivity index (χ1n) is 6.76. The summed E-state index contributed by atoms with van der Waals surface area (Å²) in [4.78, 5) is 10.3. The lowest BCUT2D eigenvalue weighted by Gasteiger charge is -2.27. The standard InChI is InChI=1S/C15H17ClN4/c1-20-6-2-3-12-7-11(4-5-14(12)20)8-18-15-13(16)9-17-10-19-15/h4-5,7,9-10H,2-3,6,8H2,1H3,(H,17,18,19). The van der Waals surface area contributed by atoms with E-state index in [1.807, 2.05) is 0 Å². The molecule has 1 aromatic heterocycles. The first kappa shape index (κ1) is 13.2. The Labute approximate surface area is 123 Å². The number of hydrogen-bond acceptors (Lipinski definition) is 4. The highest BCUT2D eigenvalue weighted by Gasteiger charge is 2.13. The van der Waals surface area contributed by atoms with Gasteiger partial charge in [0.05, 0.1) is 6.20 Å². The van der Waals surface area contributed by atoms with Gasteiger partial charge in [0, 0.05) is 25.8 Å². The second-order valence-corrected chi connectivity index (χ2v) is 5.47. The summed E-state index contributed by atoms with van der Waals surface area (Å²) >= 11 is 6.03. The molecule has 20 heavy (non-hydrogen) atoms. The summed E-state index contributed by atoms with van der Waals surface area (Å²) in [5.41, 5.74) is 4.01. The van der Waals surface area contributed by atoms with Crippen LogP contribution in [0.5, 0.6) is 0 Å². The van der Waals surface area contributed by atoms with Crippen LogP contribution in [-0.2, 0) is 13.0 Å². The van der Waals surface area contributed by atoms with Gasteiger partial charge in [0.1, 0.15) is 17.2 Å². The number of anilines is 2. The highest BCUT2D eigenvalue weighted by molar-refractivity contribution is 6.32. The van der Waals surface area contributed by atoms with Crippen LogP contribution < -0.4 is 10.2 Å². The molecule has 2 heterocycles. The number of aryl methyl sites for hydroxylation is 1. The molecule has 0 aliphatic carbocycles. The minimum atomic E-state index is 0.546. The number of hydrogen-bond donors (Lipinski definition) is 1. The van der Waals surface area contributed by atoms with Gasteiger partial charge < -0.3 is 10.2 Å². The Hall–Kier alpha value is -1.81. The third-order valence-electron chi connectivity index (χ3n) is 3.62. The second kappa shape index (κ2) is 5.67. The summed E-state index contributed by atoms with van der Waals surface area (Å²) in [7, 11) is 2.15. The van der Waals surface area contributed by atoms with Gasteiger partial charge >= 0.3 is 0 Å². The molecule has 0 bridgehead atoms. The van der Waals surface area contributed by atoms with Crippen LogP contribution in [0.15, 0.2) is 30.7 Å². The molecular weight excluding hydrogens is 272 g/mol. The van der Waals surface area contributed by atoms with Gasteiger partial charge in [-0.2, -0.15) is 0 Å². The Balaban J connectivity index is 1.74. The summed E-state index contributed by atoms with van der Waals surface area (Å²) in [6.07, 6.45) is 5.47. The molecule has 0 amide bonds. The van der Waals surface area contributed by atoms with Gasteiger partial charge in [-0.15, -0.1) is 0 Å². The van der Waals surface area contributed by atoms with E-state index in [0.29, 0.717) is 17.4 Å². The maximum atomic E-state index is 6.03. The van der Waals surface area contributed by atoms with Crippen molar-refractivity contribution in [2.24, 2.45) is 0 Å². The third-order valence-corrected chi connectivity index (χ3v) is 3.90. The molecule has 2 aromatic rings. The molecule has 0 spiro atoms. The van der Waals surface area contributed by atoms with Crippen LogP contribution in [0.3, 0.4) is 0 Å². The lowest BCUT2D eigenvalue weighted by molar-refractivity contribution is 0.743. The topological polar surface area (TPSA) is 41.0 Å². The number of nitrogens with one attached hydrogen (secondary N) is 1. The van der Waals surface area contributed by atoms with Crippen molar-refractivity contribution >= 4 is 23.1 Å². The average Bonchev–Trinajstić information content (AvgIpc) is 2.46. The van der Waals surface area contributed by atoms with Gasteiger partial charge in [-0.25, -0.2) is 9.97 Å². The molecule has 104 valence electrons. The molecule has 0 saturated heterocycles. The Kier molecular flexibility index (Phi) is 3.74. The Bertz CT molecular complexity index is 615. The molecule has 0 radical (unpaired) electrons. The van der Waals surface area contributed by atoms with E-state index in [4.69, 9.17) is 11.6 Å². The zero-order valence-corrected chi connectivity index (χ0v) is 12.2. The molecule has 4 nitrogen and oxygen atoms in total. The summed E-state index contributed by atoms with van der Waals surface area (Å²) in [5.74, 6) is 0.677. The molecule has 0 atom stereocenters. The maximum Gasteiger partial charge on any atom is 0.148 e. The smallest absolute Gasteiger partial charge is 0.148 e. The molecule has 0 fully saturated rings. The third kappa shape index (κ3) is 2.70. The van der Waals surface area contributed by atoms with Crippen molar-refractivity contribution in [1.82, 2.24) is 9.97 Å². The normalized spacial score (nSPS) is 14.0. The number of rotatable bonds is 3. The summed E-state index contributed by atoms with van der Waals surface area (Å²) in [5, 5.41) is 3.80. The van der Waals surface area contributed by atoms with Crippen molar-refractivity contribution in [3.05, 3.63) is 46.9 Å². The molecule has 1 N–H and O–H groups in total. The Morgan fingerprint density at radius 1 is 1.40 bits per heavy atom. The zero-order chi connectivity index (χ0) is 13.9. The number of halogens is 1. The van der Waals surface area contributed by atoms with Gasteiger partial charge in [-0.05, 0) is 30.0 Å². The van der Waals surface area contributed by atoms with Gasteiger partial charge in [-0.1, -0.05) is 23.7 Å². The fourth-order valence-electron chi connectivity index (χ4n) is 2.58. The number of fused-ring (bicyclic) bond motifs is 1. The molecule has 5 heteroatoms. The van der Waals surface area contributed by atoms with Crippen molar-refractivity contribution in [2.75, 3.05) is 23.8 Å². The first-order valence-corrected chi connectivity index (χ1v) is 7.14. The van der Waals surface area contributed by atoms with Crippen molar-refractivity contribution in [1.29, 1.82) is 0 Å². The van der Waals surface area contributed by atoms with Gasteiger partial charge in [0.15, 0.2) is 0 Å². The van der Waals surface area contributed by atoms with Gasteiger partial charge in [0.2, 0.25) is 0 Å². The predicted molar refractivity (Wildman–Crippen MR) is 82.4 cm³/mol. The molecule has 0 saturated carbocycles. The van der Waals surface area contributed by atoms with Gasteiger partial charge in [0.25, 0.3) is 0 Å². The highest BCUT2D eigenvalue weighted by Crippen LogP contribution is 2.27. The Morgan fingerprint density at radius 3 is 3.15 bits per heavy atom. The van der Waals surface area contributed by atoms with E-state index < -0.39 is 0 Å². The summed E-state index contributed by atoms with van der Waals surface area (Å²) < 4.78 is 0. The molecule has 1 aromatic carbocycles. The fraction of sp³-hybridized carbons (Fsp3) is 0.333. The van der Waals surface area contributed by atoms with E-state index in [9.17, 15) is 0 Å². The van der Waals surface area contributed by atoms with E-state index in [0.717, 1.165) is 13.0 Å². The van der Waals surface area contributed by atoms with Crippen LogP contribution in [0.1, 0.15) is 17.5 Å². The molecule has 0 unspecified atom stereocenters. The van der Waals surface area contributed by atoms with E-state index in [2.05, 4.69) is 45.4 Å².